The number of nitrogens with zero attached hydrogens (tertiary/aromatic N) is 5. The molecule has 3 aromatic heterocycles. The van der Waals surface area contributed by atoms with Gasteiger partial charge in [-0.15, -0.1) is 10.2 Å². The van der Waals surface area contributed by atoms with Crippen molar-refractivity contribution in [2.24, 2.45) is 0 Å². The second-order valence-corrected chi connectivity index (χ2v) is 6.97. The van der Waals surface area contributed by atoms with E-state index in [4.69, 9.17) is 0 Å². The van der Waals surface area contributed by atoms with Crippen LogP contribution < -0.4 is 5.56 Å². The van der Waals surface area contributed by atoms with Crippen LogP contribution >= 0.6 is 11.8 Å². The molecule has 26 heavy (non-hydrogen) atoms. The zero-order valence-corrected chi connectivity index (χ0v) is 15.3. The molecule has 0 bridgehead atoms. The first-order valence-electron chi connectivity index (χ1n) is 8.20. The molecule has 4 aromatic rings. The van der Waals surface area contributed by atoms with Crippen molar-refractivity contribution in [2.75, 3.05) is 0 Å². The predicted molar refractivity (Wildman–Crippen MR) is 102 cm³/mol. The minimum atomic E-state index is -0.0744. The van der Waals surface area contributed by atoms with Crippen molar-refractivity contribution in [1.29, 1.82) is 0 Å². The molecule has 130 valence electrons. The summed E-state index contributed by atoms with van der Waals surface area (Å²) >= 11 is 1.51. The van der Waals surface area contributed by atoms with Crippen molar-refractivity contribution < 1.29 is 0 Å². The van der Waals surface area contributed by atoms with E-state index in [0.717, 1.165) is 27.7 Å². The highest BCUT2D eigenvalue weighted by molar-refractivity contribution is 7.98. The zero-order valence-electron chi connectivity index (χ0n) is 14.5. The molecule has 0 radical (unpaired) electrons. The molecular weight excluding hydrogens is 346 g/mol. The average molecular weight is 363 g/mol. The molecule has 3 heterocycles. The summed E-state index contributed by atoms with van der Waals surface area (Å²) in [5, 5.41) is 9.02. The van der Waals surface area contributed by atoms with Gasteiger partial charge in [-0.1, -0.05) is 36.0 Å². The molecule has 0 aliphatic carbocycles. The Hall–Kier alpha value is -2.93. The normalized spacial score (nSPS) is 11.2. The lowest BCUT2D eigenvalue weighted by Crippen LogP contribution is -2.15. The number of fused-ring (bicyclic) bond motifs is 1. The monoisotopic (exact) mass is 363 g/mol. The topological polar surface area (TPSA) is 65.1 Å². The molecule has 0 saturated carbocycles. The molecule has 0 unspecified atom stereocenters. The Morgan fingerprint density at radius 2 is 1.88 bits per heavy atom. The van der Waals surface area contributed by atoms with E-state index in [-0.39, 0.29) is 5.56 Å². The van der Waals surface area contributed by atoms with E-state index >= 15 is 0 Å². The number of rotatable bonds is 4. The van der Waals surface area contributed by atoms with Gasteiger partial charge in [0, 0.05) is 18.0 Å². The maximum atomic E-state index is 12.3. The van der Waals surface area contributed by atoms with Crippen molar-refractivity contribution in [1.82, 2.24) is 24.1 Å². The lowest BCUT2D eigenvalue weighted by Gasteiger charge is -2.09. The standard InChI is InChI=1S/C19H17N5OS/c1-13-6-3-4-8-16(13)24-12-20-22-19(24)26-11-15-10-17(25)23-9-5-7-14(2)18(23)21-15/h3-10,12H,11H2,1-2H3. The van der Waals surface area contributed by atoms with Crippen LogP contribution in [0.1, 0.15) is 16.8 Å². The van der Waals surface area contributed by atoms with Crippen LogP contribution in [0.2, 0.25) is 0 Å². The van der Waals surface area contributed by atoms with Crippen LogP contribution in [-0.4, -0.2) is 24.1 Å². The van der Waals surface area contributed by atoms with Gasteiger partial charge in [0.05, 0.1) is 11.4 Å². The van der Waals surface area contributed by atoms with Crippen LogP contribution in [0.15, 0.2) is 64.9 Å². The van der Waals surface area contributed by atoms with Crippen molar-refractivity contribution in [2.45, 2.75) is 24.8 Å². The number of aromatic nitrogens is 5. The van der Waals surface area contributed by atoms with Crippen LogP contribution in [0, 0.1) is 13.8 Å². The van der Waals surface area contributed by atoms with E-state index < -0.39 is 0 Å². The number of thioether (sulfide) groups is 1. The molecule has 0 amide bonds. The lowest BCUT2D eigenvalue weighted by molar-refractivity contribution is 0.876. The summed E-state index contributed by atoms with van der Waals surface area (Å²) in [7, 11) is 0. The highest BCUT2D eigenvalue weighted by Crippen LogP contribution is 2.24. The minimum Gasteiger partial charge on any atom is -0.276 e. The third-order valence-electron chi connectivity index (χ3n) is 4.18. The molecule has 0 N–H and O–H groups in total. The van der Waals surface area contributed by atoms with E-state index in [2.05, 4.69) is 28.2 Å². The Morgan fingerprint density at radius 3 is 2.73 bits per heavy atom. The Kier molecular flexibility index (Phi) is 4.30. The maximum Gasteiger partial charge on any atom is 0.258 e. The van der Waals surface area contributed by atoms with Crippen LogP contribution in [0.25, 0.3) is 11.3 Å². The lowest BCUT2D eigenvalue weighted by atomic mass is 10.2. The van der Waals surface area contributed by atoms with Crippen molar-refractivity contribution in [3.8, 4) is 5.69 Å². The number of benzene rings is 1. The largest absolute Gasteiger partial charge is 0.276 e. The van der Waals surface area contributed by atoms with Gasteiger partial charge in [-0.3, -0.25) is 13.8 Å². The van der Waals surface area contributed by atoms with E-state index in [1.807, 2.05) is 41.8 Å². The fourth-order valence-electron chi connectivity index (χ4n) is 2.84. The number of pyridine rings is 1. The van der Waals surface area contributed by atoms with Gasteiger partial charge in [0.15, 0.2) is 5.16 Å². The van der Waals surface area contributed by atoms with Crippen molar-refractivity contribution in [3.63, 3.8) is 0 Å². The van der Waals surface area contributed by atoms with Gasteiger partial charge < -0.3 is 0 Å². The number of hydrogen-bond donors (Lipinski definition) is 0. The molecule has 7 heteroatoms. The molecule has 0 atom stereocenters. The Bertz CT molecular complexity index is 1150. The molecular formula is C19H17N5OS. The molecule has 0 aliphatic heterocycles. The van der Waals surface area contributed by atoms with E-state index in [1.54, 1.807) is 23.0 Å². The zero-order chi connectivity index (χ0) is 18.1. The summed E-state index contributed by atoms with van der Waals surface area (Å²) in [5.41, 5.74) is 4.51. The number of hydrogen-bond acceptors (Lipinski definition) is 5. The van der Waals surface area contributed by atoms with Crippen LogP contribution in [0.3, 0.4) is 0 Å². The summed E-state index contributed by atoms with van der Waals surface area (Å²) in [4.78, 5) is 17.0. The molecule has 0 aliphatic rings. The van der Waals surface area contributed by atoms with Gasteiger partial charge in [0.2, 0.25) is 0 Å². The van der Waals surface area contributed by atoms with Gasteiger partial charge >= 0.3 is 0 Å². The third-order valence-corrected chi connectivity index (χ3v) is 5.16. The fourth-order valence-corrected chi connectivity index (χ4v) is 3.66. The van der Waals surface area contributed by atoms with Gasteiger partial charge in [0.25, 0.3) is 5.56 Å². The second-order valence-electron chi connectivity index (χ2n) is 6.03. The SMILES string of the molecule is Cc1ccccc1-n1cnnc1SCc1cc(=O)n2cccc(C)c2n1. The van der Waals surface area contributed by atoms with Gasteiger partial charge in [-0.05, 0) is 37.1 Å². The Labute approximate surface area is 154 Å². The van der Waals surface area contributed by atoms with Crippen molar-refractivity contribution >= 4 is 17.4 Å². The smallest absolute Gasteiger partial charge is 0.258 e. The molecule has 1 aromatic carbocycles. The van der Waals surface area contributed by atoms with Gasteiger partial charge in [0.1, 0.15) is 12.0 Å². The molecule has 0 spiro atoms. The van der Waals surface area contributed by atoms with Crippen LogP contribution in [-0.2, 0) is 5.75 Å². The van der Waals surface area contributed by atoms with E-state index in [0.29, 0.717) is 11.4 Å². The first-order chi connectivity index (χ1) is 12.6. The van der Waals surface area contributed by atoms with Gasteiger partial charge in [-0.2, -0.15) is 0 Å². The summed E-state index contributed by atoms with van der Waals surface area (Å²) in [6, 6.07) is 13.5. The quantitative estimate of drug-likeness (QED) is 0.521. The number of para-hydroxylation sites is 1. The Balaban J connectivity index is 1.64. The van der Waals surface area contributed by atoms with E-state index in [9.17, 15) is 4.79 Å². The average Bonchev–Trinajstić information content (AvgIpc) is 3.10. The third kappa shape index (κ3) is 3.01. The maximum absolute atomic E-state index is 12.3. The highest BCUT2D eigenvalue weighted by Gasteiger charge is 2.11. The summed E-state index contributed by atoms with van der Waals surface area (Å²) < 4.78 is 3.53. The van der Waals surface area contributed by atoms with Gasteiger partial charge in [-0.25, -0.2) is 4.98 Å². The minimum absolute atomic E-state index is 0.0744. The molecule has 0 saturated heterocycles. The first-order valence-corrected chi connectivity index (χ1v) is 9.19. The summed E-state index contributed by atoms with van der Waals surface area (Å²) in [6.45, 7) is 4.01. The van der Waals surface area contributed by atoms with Crippen LogP contribution in [0.4, 0.5) is 0 Å². The summed E-state index contributed by atoms with van der Waals surface area (Å²) in [6.07, 6.45) is 3.45. The highest BCUT2D eigenvalue weighted by atomic mass is 32.2. The van der Waals surface area contributed by atoms with Crippen molar-refractivity contribution in [3.05, 3.63) is 82.2 Å². The second kappa shape index (κ2) is 6.76. The molecule has 6 nitrogen and oxygen atoms in total. The first kappa shape index (κ1) is 16.5. The summed E-state index contributed by atoms with van der Waals surface area (Å²) in [5.74, 6) is 0.546. The van der Waals surface area contributed by atoms with E-state index in [1.165, 1.54) is 11.8 Å². The van der Waals surface area contributed by atoms with Crippen LogP contribution in [0.5, 0.6) is 0 Å². The number of aryl methyl sites for hydroxylation is 2. The fraction of sp³-hybridized carbons (Fsp3) is 0.158. The molecule has 4 rings (SSSR count). The Morgan fingerprint density at radius 1 is 1.08 bits per heavy atom. The molecule has 0 fully saturated rings. The predicted octanol–water partition coefficient (Wildman–Crippen LogP) is 3.18.